The van der Waals surface area contributed by atoms with Crippen LogP contribution in [-0.2, 0) is 18.5 Å². The van der Waals surface area contributed by atoms with Crippen molar-refractivity contribution in [3.63, 3.8) is 0 Å². The van der Waals surface area contributed by atoms with Crippen molar-refractivity contribution >= 4 is 13.3 Å². The first kappa shape index (κ1) is 17.7. The Labute approximate surface area is 135 Å². The third-order valence-electron chi connectivity index (χ3n) is 3.09. The van der Waals surface area contributed by atoms with Crippen LogP contribution in [0, 0.1) is 17.4 Å². The first-order valence-electron chi connectivity index (χ1n) is 7.34. The van der Waals surface area contributed by atoms with E-state index < -0.39 is 13.2 Å². The maximum atomic E-state index is 13.0. The number of oxime groups is 1. The van der Waals surface area contributed by atoms with E-state index in [1.807, 2.05) is 0 Å². The fourth-order valence-electron chi connectivity index (χ4n) is 2.03. The highest BCUT2D eigenvalue weighted by Crippen LogP contribution is 2.47. The van der Waals surface area contributed by atoms with E-state index in [2.05, 4.69) is 16.7 Å². The molecule has 0 saturated carbocycles. The van der Waals surface area contributed by atoms with Crippen LogP contribution in [0.3, 0.4) is 0 Å². The molecule has 1 aliphatic rings. The normalized spacial score (nSPS) is 20.4. The van der Waals surface area contributed by atoms with Crippen molar-refractivity contribution in [1.29, 1.82) is 0 Å². The van der Waals surface area contributed by atoms with Gasteiger partial charge in [0.15, 0.2) is 0 Å². The summed E-state index contributed by atoms with van der Waals surface area (Å²) in [6.45, 7) is 5.65. The van der Waals surface area contributed by atoms with Gasteiger partial charge in [-0.1, -0.05) is 17.3 Å². The Balaban J connectivity index is 2.13. The fraction of sp³-hybridized carbons (Fsp3) is 0.438. The highest BCUT2D eigenvalue weighted by atomic mass is 31.2. The summed E-state index contributed by atoms with van der Waals surface area (Å²) in [5.74, 6) is 2.49. The fourth-order valence-corrected chi connectivity index (χ4v) is 3.29. The molecule has 0 amide bonds. The molecule has 1 heterocycles. The summed E-state index contributed by atoms with van der Waals surface area (Å²) in [5.41, 5.74) is 3.06. The van der Waals surface area contributed by atoms with Gasteiger partial charge in [-0.3, -0.25) is 9.05 Å². The Morgan fingerprint density at radius 2 is 1.91 bits per heavy atom. The van der Waals surface area contributed by atoms with Gasteiger partial charge < -0.3 is 4.84 Å². The molecule has 0 radical (unpaired) electrons. The van der Waals surface area contributed by atoms with E-state index in [4.69, 9.17) is 13.9 Å². The van der Waals surface area contributed by atoms with Gasteiger partial charge in [0.2, 0.25) is 5.60 Å². The second kappa shape index (κ2) is 7.27. The van der Waals surface area contributed by atoms with Gasteiger partial charge >= 0.3 is 7.60 Å². The predicted octanol–water partition coefficient (Wildman–Crippen LogP) is 3.94. The third-order valence-corrected chi connectivity index (χ3v) is 4.68. The molecule has 1 aromatic rings. The zero-order valence-corrected chi connectivity index (χ0v) is 14.2. The minimum atomic E-state index is -3.45. The largest absolute Gasteiger partial charge is 0.405 e. The van der Waals surface area contributed by atoms with Crippen molar-refractivity contribution in [3.8, 4) is 11.6 Å². The second-order valence-corrected chi connectivity index (χ2v) is 6.85. The van der Waals surface area contributed by atoms with Gasteiger partial charge in [-0.05, 0) is 44.4 Å². The van der Waals surface area contributed by atoms with E-state index in [0.29, 0.717) is 12.1 Å². The van der Waals surface area contributed by atoms with E-state index in [1.54, 1.807) is 32.9 Å². The van der Waals surface area contributed by atoms with Crippen LogP contribution in [0.15, 0.2) is 29.4 Å². The Morgan fingerprint density at radius 1 is 1.30 bits per heavy atom. The summed E-state index contributed by atoms with van der Waals surface area (Å²) >= 11 is 0. The van der Waals surface area contributed by atoms with E-state index in [1.165, 1.54) is 12.1 Å². The van der Waals surface area contributed by atoms with Crippen LogP contribution < -0.4 is 0 Å². The molecule has 0 fully saturated rings. The SMILES string of the molecule is CCOP(=O)(C#CC1(C)CC(c2ccc(F)cc2)=NO1)OCC. The molecule has 1 unspecified atom stereocenters. The van der Waals surface area contributed by atoms with E-state index in [-0.39, 0.29) is 19.0 Å². The summed E-state index contributed by atoms with van der Waals surface area (Å²) in [5, 5.41) is 4.00. The summed E-state index contributed by atoms with van der Waals surface area (Å²) < 4.78 is 35.6. The summed E-state index contributed by atoms with van der Waals surface area (Å²) in [6.07, 6.45) is 0.393. The molecule has 0 saturated heterocycles. The summed E-state index contributed by atoms with van der Waals surface area (Å²) in [4.78, 5) is 5.38. The third kappa shape index (κ3) is 4.65. The van der Waals surface area contributed by atoms with E-state index >= 15 is 0 Å². The van der Waals surface area contributed by atoms with Gasteiger partial charge in [-0.2, -0.15) is 0 Å². The molecule has 1 atom stereocenters. The molecule has 23 heavy (non-hydrogen) atoms. The molecule has 0 bridgehead atoms. The summed E-state index contributed by atoms with van der Waals surface area (Å²) in [6, 6.07) is 5.97. The predicted molar refractivity (Wildman–Crippen MR) is 85.7 cm³/mol. The zero-order chi connectivity index (χ0) is 16.9. The van der Waals surface area contributed by atoms with Crippen LogP contribution in [0.25, 0.3) is 0 Å². The Bertz CT molecular complexity index is 682. The monoisotopic (exact) mass is 339 g/mol. The lowest BCUT2D eigenvalue weighted by atomic mass is 9.97. The van der Waals surface area contributed by atoms with Crippen molar-refractivity contribution in [1.82, 2.24) is 0 Å². The lowest BCUT2D eigenvalue weighted by Crippen LogP contribution is -2.22. The molecule has 7 heteroatoms. The van der Waals surface area contributed by atoms with Crippen molar-refractivity contribution in [2.24, 2.45) is 5.16 Å². The molecule has 0 N–H and O–H groups in total. The molecular weight excluding hydrogens is 320 g/mol. The topological polar surface area (TPSA) is 57.1 Å². The van der Waals surface area contributed by atoms with Crippen molar-refractivity contribution in [2.75, 3.05) is 13.2 Å². The van der Waals surface area contributed by atoms with Crippen molar-refractivity contribution in [3.05, 3.63) is 35.6 Å². The van der Waals surface area contributed by atoms with Gasteiger partial charge in [0.25, 0.3) is 0 Å². The van der Waals surface area contributed by atoms with Crippen LogP contribution >= 0.6 is 7.60 Å². The van der Waals surface area contributed by atoms with Gasteiger partial charge in [0.05, 0.1) is 18.9 Å². The van der Waals surface area contributed by atoms with Gasteiger partial charge in [0.1, 0.15) is 5.82 Å². The van der Waals surface area contributed by atoms with Crippen molar-refractivity contribution in [2.45, 2.75) is 32.8 Å². The maximum absolute atomic E-state index is 13.0. The quantitative estimate of drug-likeness (QED) is 0.602. The number of rotatable bonds is 5. The Morgan fingerprint density at radius 3 is 2.48 bits per heavy atom. The van der Waals surface area contributed by atoms with E-state index in [0.717, 1.165) is 5.56 Å². The van der Waals surface area contributed by atoms with Gasteiger partial charge in [-0.25, -0.2) is 8.96 Å². The lowest BCUT2D eigenvalue weighted by Gasteiger charge is -2.15. The molecule has 0 aromatic heterocycles. The Kier molecular flexibility index (Phi) is 5.59. The van der Waals surface area contributed by atoms with E-state index in [9.17, 15) is 8.96 Å². The lowest BCUT2D eigenvalue weighted by molar-refractivity contribution is 0.0442. The molecule has 5 nitrogen and oxygen atoms in total. The van der Waals surface area contributed by atoms with Crippen LogP contribution in [0.2, 0.25) is 0 Å². The van der Waals surface area contributed by atoms with Gasteiger partial charge in [-0.15, -0.1) is 0 Å². The minimum absolute atomic E-state index is 0.237. The zero-order valence-electron chi connectivity index (χ0n) is 13.3. The minimum Gasteiger partial charge on any atom is -0.376 e. The summed E-state index contributed by atoms with van der Waals surface area (Å²) in [7, 11) is -3.45. The Hall–Kier alpha value is -1.67. The number of hydrogen-bond donors (Lipinski definition) is 0. The molecule has 0 aliphatic carbocycles. The van der Waals surface area contributed by atoms with Crippen LogP contribution in [-0.4, -0.2) is 24.5 Å². The highest BCUT2D eigenvalue weighted by molar-refractivity contribution is 7.59. The second-order valence-electron chi connectivity index (χ2n) is 5.11. The van der Waals surface area contributed by atoms with Crippen LogP contribution in [0.5, 0.6) is 0 Å². The number of halogens is 1. The van der Waals surface area contributed by atoms with Crippen LogP contribution in [0.1, 0.15) is 32.8 Å². The highest BCUT2D eigenvalue weighted by Gasteiger charge is 2.34. The number of nitrogens with zero attached hydrogens (tertiary/aromatic N) is 1. The average Bonchev–Trinajstić information content (AvgIpc) is 2.90. The smallest absolute Gasteiger partial charge is 0.376 e. The number of benzene rings is 1. The molecule has 1 aromatic carbocycles. The molecule has 0 spiro atoms. The molecule has 1 aliphatic heterocycles. The molecule has 124 valence electrons. The number of hydrogen-bond acceptors (Lipinski definition) is 5. The van der Waals surface area contributed by atoms with Crippen molar-refractivity contribution < 1.29 is 22.8 Å². The van der Waals surface area contributed by atoms with Gasteiger partial charge in [0, 0.05) is 12.1 Å². The molecular formula is C16H19FNO4P. The first-order valence-corrected chi connectivity index (χ1v) is 8.88. The standard InChI is InChI=1S/C16H19FNO4P/c1-4-20-23(19,21-5-2)11-10-16(3)12-15(18-22-16)13-6-8-14(17)9-7-13/h6-9H,4-5,12H2,1-3H3. The average molecular weight is 339 g/mol. The van der Waals surface area contributed by atoms with Crippen LogP contribution in [0.4, 0.5) is 4.39 Å². The first-order chi connectivity index (χ1) is 10.9. The molecule has 2 rings (SSSR count). The maximum Gasteiger partial charge on any atom is 0.405 e.